The highest BCUT2D eigenvalue weighted by Crippen LogP contribution is 2.33. The van der Waals surface area contributed by atoms with E-state index in [0.717, 1.165) is 16.9 Å². The summed E-state index contributed by atoms with van der Waals surface area (Å²) in [7, 11) is 3.54. The molecule has 2 amide bonds. The first kappa shape index (κ1) is 20.9. The quantitative estimate of drug-likeness (QED) is 0.663. The van der Waals surface area contributed by atoms with Gasteiger partial charge in [0, 0.05) is 20.0 Å². The van der Waals surface area contributed by atoms with Crippen LogP contribution in [0.15, 0.2) is 48.5 Å². The van der Waals surface area contributed by atoms with Crippen LogP contribution in [0.1, 0.15) is 32.1 Å². The largest absolute Gasteiger partial charge is 0.495 e. The first-order valence-electron chi connectivity index (χ1n) is 10.6. The van der Waals surface area contributed by atoms with Crippen LogP contribution < -0.4 is 15.0 Å². The highest BCUT2D eigenvalue weighted by molar-refractivity contribution is 6.01. The van der Waals surface area contributed by atoms with Gasteiger partial charge >= 0.3 is 0 Å². The molecule has 0 aliphatic carbocycles. The maximum absolute atomic E-state index is 13.2. The molecule has 7 nitrogen and oxygen atoms in total. The molecule has 0 saturated carbocycles. The molecule has 2 heterocycles. The van der Waals surface area contributed by atoms with Gasteiger partial charge in [0.1, 0.15) is 11.6 Å². The van der Waals surface area contributed by atoms with Gasteiger partial charge in [-0.05, 0) is 30.2 Å². The maximum atomic E-state index is 13.2. The van der Waals surface area contributed by atoms with Crippen molar-refractivity contribution in [3.63, 3.8) is 0 Å². The average molecular weight is 421 g/mol. The third-order valence-corrected chi connectivity index (χ3v) is 5.94. The Hall–Kier alpha value is -3.35. The van der Waals surface area contributed by atoms with Crippen molar-refractivity contribution in [3.8, 4) is 5.75 Å². The summed E-state index contributed by atoms with van der Waals surface area (Å²) in [6.45, 7) is 4.45. The number of ether oxygens (including phenoxy) is 1. The van der Waals surface area contributed by atoms with Crippen LogP contribution in [0.3, 0.4) is 0 Å². The van der Waals surface area contributed by atoms with E-state index in [-0.39, 0.29) is 30.2 Å². The number of carbonyl (C=O) groups excluding carboxylic acids is 2. The molecule has 1 N–H and O–H groups in total. The second-order valence-electron chi connectivity index (χ2n) is 8.33. The number of hydrogen-bond acceptors (Lipinski definition) is 4. The fourth-order valence-electron chi connectivity index (χ4n) is 4.21. The first-order valence-corrected chi connectivity index (χ1v) is 10.6. The minimum absolute atomic E-state index is 0.0755. The Morgan fingerprint density at radius 2 is 1.87 bits per heavy atom. The van der Waals surface area contributed by atoms with Crippen LogP contribution in [0, 0.1) is 11.8 Å². The van der Waals surface area contributed by atoms with Crippen LogP contribution in [-0.2, 0) is 16.6 Å². The predicted octanol–water partition coefficient (Wildman–Crippen LogP) is 3.45. The Balaban J connectivity index is 1.55. The molecule has 2 atom stereocenters. The Bertz CT molecular complexity index is 1120. The smallest absolute Gasteiger partial charge is 0.227 e. The lowest BCUT2D eigenvalue weighted by atomic mass is 10.0. The van der Waals surface area contributed by atoms with Crippen LogP contribution >= 0.6 is 0 Å². The van der Waals surface area contributed by atoms with Crippen LogP contribution in [0.5, 0.6) is 5.75 Å². The van der Waals surface area contributed by atoms with Gasteiger partial charge in [-0.1, -0.05) is 38.1 Å². The number of aromatic nitrogens is 2. The maximum Gasteiger partial charge on any atom is 0.227 e. The highest BCUT2D eigenvalue weighted by atomic mass is 16.5. The lowest BCUT2D eigenvalue weighted by Crippen LogP contribution is -2.38. The average Bonchev–Trinajstić information content (AvgIpc) is 3.32. The van der Waals surface area contributed by atoms with E-state index in [1.807, 2.05) is 60.1 Å². The topological polar surface area (TPSA) is 76.5 Å². The number of nitrogens with zero attached hydrogens (tertiary/aromatic N) is 3. The lowest BCUT2D eigenvalue weighted by molar-refractivity contribution is -0.127. The molecule has 3 aromatic rings. The molecule has 0 bridgehead atoms. The Labute approximate surface area is 182 Å². The number of methoxy groups -OCH3 is 1. The highest BCUT2D eigenvalue weighted by Gasteiger charge is 2.37. The zero-order valence-corrected chi connectivity index (χ0v) is 18.3. The van der Waals surface area contributed by atoms with Crippen molar-refractivity contribution >= 4 is 28.5 Å². The summed E-state index contributed by atoms with van der Waals surface area (Å²) >= 11 is 0. The van der Waals surface area contributed by atoms with Gasteiger partial charge in [-0.2, -0.15) is 0 Å². The van der Waals surface area contributed by atoms with Gasteiger partial charge in [0.05, 0.1) is 35.8 Å². The van der Waals surface area contributed by atoms with Gasteiger partial charge in [-0.3, -0.25) is 9.59 Å². The van der Waals surface area contributed by atoms with E-state index in [4.69, 9.17) is 9.72 Å². The molecule has 7 heteroatoms. The van der Waals surface area contributed by atoms with Crippen molar-refractivity contribution in [2.45, 2.75) is 26.3 Å². The fourth-order valence-corrected chi connectivity index (χ4v) is 4.21. The summed E-state index contributed by atoms with van der Waals surface area (Å²) in [6.07, 6.45) is 0.178. The molecule has 1 aromatic heterocycles. The molecule has 31 heavy (non-hydrogen) atoms. The van der Waals surface area contributed by atoms with Crippen LogP contribution in [0.4, 0.5) is 5.69 Å². The summed E-state index contributed by atoms with van der Waals surface area (Å²) in [4.78, 5) is 32.3. The van der Waals surface area contributed by atoms with E-state index in [0.29, 0.717) is 18.0 Å². The molecular formula is C24H28N4O3. The zero-order valence-electron chi connectivity index (χ0n) is 18.3. The van der Waals surface area contributed by atoms with E-state index < -0.39 is 5.92 Å². The molecule has 4 rings (SSSR count). The van der Waals surface area contributed by atoms with E-state index in [1.54, 1.807) is 12.0 Å². The SMILES string of the molecule is COc1ccccc1N1C[C@@H](C(=O)N[C@@H](c2nc3ccccc3n2C)C(C)C)CC1=O. The van der Waals surface area contributed by atoms with E-state index >= 15 is 0 Å². The number of rotatable bonds is 6. The monoisotopic (exact) mass is 420 g/mol. The molecule has 0 radical (unpaired) electrons. The molecule has 0 spiro atoms. The number of imidazole rings is 1. The normalized spacial score (nSPS) is 17.4. The van der Waals surface area contributed by atoms with Crippen molar-refractivity contribution in [2.75, 3.05) is 18.6 Å². The third kappa shape index (κ3) is 3.87. The molecule has 1 fully saturated rings. The van der Waals surface area contributed by atoms with Crippen LogP contribution in [-0.4, -0.2) is 35.0 Å². The number of carbonyl (C=O) groups is 2. The van der Waals surface area contributed by atoms with E-state index in [1.165, 1.54) is 0 Å². The minimum Gasteiger partial charge on any atom is -0.495 e. The molecule has 1 aliphatic heterocycles. The number of fused-ring (bicyclic) bond motifs is 1. The van der Waals surface area contributed by atoms with Crippen molar-refractivity contribution in [2.24, 2.45) is 18.9 Å². The number of aryl methyl sites for hydroxylation is 1. The second-order valence-corrected chi connectivity index (χ2v) is 8.33. The van der Waals surface area contributed by atoms with Gasteiger partial charge < -0.3 is 19.5 Å². The van der Waals surface area contributed by atoms with Crippen molar-refractivity contribution in [3.05, 3.63) is 54.4 Å². The van der Waals surface area contributed by atoms with E-state index in [9.17, 15) is 9.59 Å². The number of amides is 2. The minimum atomic E-state index is -0.423. The Morgan fingerprint density at radius 3 is 2.58 bits per heavy atom. The molecule has 162 valence electrons. The van der Waals surface area contributed by atoms with Gasteiger partial charge in [-0.15, -0.1) is 0 Å². The van der Waals surface area contributed by atoms with Gasteiger partial charge in [0.15, 0.2) is 0 Å². The summed E-state index contributed by atoms with van der Waals surface area (Å²) < 4.78 is 7.42. The summed E-state index contributed by atoms with van der Waals surface area (Å²) in [6, 6.07) is 15.1. The number of anilines is 1. The number of para-hydroxylation sites is 4. The first-order chi connectivity index (χ1) is 14.9. The van der Waals surface area contributed by atoms with Gasteiger partial charge in [-0.25, -0.2) is 4.98 Å². The zero-order chi connectivity index (χ0) is 22.1. The van der Waals surface area contributed by atoms with Crippen LogP contribution in [0.2, 0.25) is 0 Å². The molecule has 0 unspecified atom stereocenters. The van der Waals surface area contributed by atoms with Crippen molar-refractivity contribution < 1.29 is 14.3 Å². The number of benzene rings is 2. The number of hydrogen-bond donors (Lipinski definition) is 1. The molecular weight excluding hydrogens is 392 g/mol. The summed E-state index contributed by atoms with van der Waals surface area (Å²) in [5.74, 6) is 0.951. The van der Waals surface area contributed by atoms with Crippen molar-refractivity contribution in [1.82, 2.24) is 14.9 Å². The molecule has 2 aromatic carbocycles. The Kier molecular flexibility index (Phi) is 5.67. The third-order valence-electron chi connectivity index (χ3n) is 5.94. The van der Waals surface area contributed by atoms with Gasteiger partial charge in [0.25, 0.3) is 0 Å². The standard InChI is InChI=1S/C24H28N4O3/c1-15(2)22(23-25-17-9-5-6-10-18(17)27(23)3)26-24(30)16-13-21(29)28(14-16)19-11-7-8-12-20(19)31-4/h5-12,15-16,22H,13-14H2,1-4H3,(H,26,30)/t16-,22+/m0/s1. The van der Waals surface area contributed by atoms with E-state index in [2.05, 4.69) is 19.2 Å². The Morgan fingerprint density at radius 1 is 1.16 bits per heavy atom. The second kappa shape index (κ2) is 8.41. The van der Waals surface area contributed by atoms with Crippen molar-refractivity contribution in [1.29, 1.82) is 0 Å². The lowest BCUT2D eigenvalue weighted by Gasteiger charge is -2.24. The molecule has 1 saturated heterocycles. The summed E-state index contributed by atoms with van der Waals surface area (Å²) in [5, 5.41) is 3.17. The van der Waals surface area contributed by atoms with Gasteiger partial charge in [0.2, 0.25) is 11.8 Å². The fraction of sp³-hybridized carbons (Fsp3) is 0.375. The van der Waals surface area contributed by atoms with Crippen LogP contribution in [0.25, 0.3) is 11.0 Å². The number of nitrogens with one attached hydrogen (secondary N) is 1. The predicted molar refractivity (Wildman–Crippen MR) is 120 cm³/mol. The summed E-state index contributed by atoms with van der Waals surface area (Å²) in [5.41, 5.74) is 2.62. The molecule has 1 aliphatic rings.